The van der Waals surface area contributed by atoms with Crippen LogP contribution in [0.15, 0.2) is 11.1 Å². The van der Waals surface area contributed by atoms with Gasteiger partial charge in [-0.1, -0.05) is 26.3 Å². The van der Waals surface area contributed by atoms with Crippen LogP contribution in [0.2, 0.25) is 0 Å². The zero-order valence-corrected chi connectivity index (χ0v) is 11.4. The minimum atomic E-state index is -0.471. The van der Waals surface area contributed by atoms with E-state index in [0.29, 0.717) is 18.3 Å². The van der Waals surface area contributed by atoms with Crippen LogP contribution < -0.4 is 0 Å². The molecule has 0 heterocycles. The maximum Gasteiger partial charge on any atom is 0.161 e. The van der Waals surface area contributed by atoms with Crippen LogP contribution in [0.25, 0.3) is 0 Å². The first kappa shape index (κ1) is 12.8. The van der Waals surface area contributed by atoms with Gasteiger partial charge in [0, 0.05) is 11.8 Å². The number of hydrogen-bond acceptors (Lipinski definition) is 2. The van der Waals surface area contributed by atoms with E-state index in [-0.39, 0.29) is 11.2 Å². The van der Waals surface area contributed by atoms with Crippen molar-refractivity contribution in [3.05, 3.63) is 11.1 Å². The average molecular weight is 236 g/mol. The third-order valence-electron chi connectivity index (χ3n) is 5.12. The van der Waals surface area contributed by atoms with Crippen molar-refractivity contribution in [2.75, 3.05) is 0 Å². The molecule has 2 nitrogen and oxygen atoms in total. The van der Waals surface area contributed by atoms with Crippen LogP contribution >= 0.6 is 0 Å². The molecule has 3 atom stereocenters. The summed E-state index contributed by atoms with van der Waals surface area (Å²) in [6.07, 6.45) is 3.05. The van der Waals surface area contributed by atoms with Gasteiger partial charge >= 0.3 is 0 Å². The molecule has 1 N–H and O–H groups in total. The van der Waals surface area contributed by atoms with Gasteiger partial charge in [-0.05, 0) is 43.6 Å². The minimum absolute atomic E-state index is 0.136. The molecule has 0 aromatic carbocycles. The van der Waals surface area contributed by atoms with Crippen molar-refractivity contribution in [3.8, 4) is 0 Å². The summed E-state index contributed by atoms with van der Waals surface area (Å²) in [6, 6.07) is 0. The SMILES string of the molecule is CC1=C2CC(C(C)C)CCC2(C)C(O)CC1=O. The first-order chi connectivity index (χ1) is 7.86. The Labute approximate surface area is 104 Å². The van der Waals surface area contributed by atoms with Gasteiger partial charge in [0.25, 0.3) is 0 Å². The van der Waals surface area contributed by atoms with Crippen LogP contribution in [-0.4, -0.2) is 17.0 Å². The monoisotopic (exact) mass is 236 g/mol. The molecule has 0 aromatic heterocycles. The topological polar surface area (TPSA) is 37.3 Å². The van der Waals surface area contributed by atoms with Crippen LogP contribution in [0.4, 0.5) is 0 Å². The van der Waals surface area contributed by atoms with E-state index in [2.05, 4.69) is 20.8 Å². The highest BCUT2D eigenvalue weighted by atomic mass is 16.3. The number of rotatable bonds is 1. The first-order valence-electron chi connectivity index (χ1n) is 6.77. The lowest BCUT2D eigenvalue weighted by molar-refractivity contribution is -0.121. The number of carbonyl (C=O) groups is 1. The summed E-state index contributed by atoms with van der Waals surface area (Å²) in [5, 5.41) is 10.2. The third kappa shape index (κ3) is 1.97. The second-order valence-electron chi connectivity index (χ2n) is 6.41. The number of aliphatic hydroxyl groups is 1. The number of fused-ring (bicyclic) bond motifs is 1. The maximum atomic E-state index is 11.9. The number of carbonyl (C=O) groups excluding carboxylic acids is 1. The Hall–Kier alpha value is -0.630. The lowest BCUT2D eigenvalue weighted by Gasteiger charge is -2.47. The molecule has 96 valence electrons. The fraction of sp³-hybridized carbons (Fsp3) is 0.800. The molecule has 0 saturated heterocycles. The van der Waals surface area contributed by atoms with Crippen LogP contribution in [0.5, 0.6) is 0 Å². The molecule has 1 saturated carbocycles. The number of ketones is 1. The average Bonchev–Trinajstić information content (AvgIpc) is 2.26. The lowest BCUT2D eigenvalue weighted by atomic mass is 9.59. The predicted molar refractivity (Wildman–Crippen MR) is 68.6 cm³/mol. The number of allylic oxidation sites excluding steroid dienone is 1. The van der Waals surface area contributed by atoms with Gasteiger partial charge in [-0.25, -0.2) is 0 Å². The second-order valence-corrected chi connectivity index (χ2v) is 6.41. The Balaban J connectivity index is 2.37. The highest BCUT2D eigenvalue weighted by Gasteiger charge is 2.46. The van der Waals surface area contributed by atoms with E-state index in [1.54, 1.807) is 0 Å². The van der Waals surface area contributed by atoms with Crippen molar-refractivity contribution in [1.82, 2.24) is 0 Å². The molecule has 17 heavy (non-hydrogen) atoms. The van der Waals surface area contributed by atoms with Crippen molar-refractivity contribution >= 4 is 5.78 Å². The van der Waals surface area contributed by atoms with Crippen LogP contribution in [0.1, 0.15) is 53.4 Å². The van der Waals surface area contributed by atoms with E-state index in [1.807, 2.05) is 6.92 Å². The normalized spacial score (nSPS) is 38.6. The largest absolute Gasteiger partial charge is 0.392 e. The van der Waals surface area contributed by atoms with Gasteiger partial charge < -0.3 is 5.11 Å². The summed E-state index contributed by atoms with van der Waals surface area (Å²) in [6.45, 7) is 8.60. The van der Waals surface area contributed by atoms with Crippen molar-refractivity contribution in [1.29, 1.82) is 0 Å². The highest BCUT2D eigenvalue weighted by Crippen LogP contribution is 2.51. The highest BCUT2D eigenvalue weighted by molar-refractivity contribution is 5.97. The van der Waals surface area contributed by atoms with E-state index in [0.717, 1.165) is 18.4 Å². The fourth-order valence-corrected chi connectivity index (χ4v) is 3.47. The molecule has 2 aliphatic rings. The lowest BCUT2D eigenvalue weighted by Crippen LogP contribution is -2.44. The van der Waals surface area contributed by atoms with E-state index in [9.17, 15) is 9.90 Å². The zero-order chi connectivity index (χ0) is 12.8. The standard InChI is InChI=1S/C15H24O2/c1-9(2)11-5-6-15(4)12(7-11)10(3)13(16)8-14(15)17/h9,11,14,17H,5-8H2,1-4H3. The molecule has 0 aromatic rings. The third-order valence-corrected chi connectivity index (χ3v) is 5.12. The van der Waals surface area contributed by atoms with E-state index >= 15 is 0 Å². The summed E-state index contributed by atoms with van der Waals surface area (Å²) in [5.41, 5.74) is 2.04. The number of Topliss-reactive ketones (excluding diaryl/α,β-unsaturated/α-hetero) is 1. The summed E-state index contributed by atoms with van der Waals surface area (Å²) in [4.78, 5) is 11.9. The molecular weight excluding hydrogens is 212 g/mol. The van der Waals surface area contributed by atoms with Gasteiger partial charge in [0.15, 0.2) is 5.78 Å². The van der Waals surface area contributed by atoms with E-state index < -0.39 is 6.10 Å². The zero-order valence-electron chi connectivity index (χ0n) is 11.4. The molecule has 2 rings (SSSR count). The minimum Gasteiger partial charge on any atom is -0.392 e. The van der Waals surface area contributed by atoms with E-state index in [1.165, 1.54) is 12.0 Å². The summed E-state index contributed by atoms with van der Waals surface area (Å²) in [7, 11) is 0. The van der Waals surface area contributed by atoms with Crippen molar-refractivity contribution < 1.29 is 9.90 Å². The smallest absolute Gasteiger partial charge is 0.161 e. The summed E-state index contributed by atoms with van der Waals surface area (Å²) in [5.74, 6) is 1.48. The molecule has 0 bridgehead atoms. The van der Waals surface area contributed by atoms with Crippen molar-refractivity contribution in [2.24, 2.45) is 17.3 Å². The molecule has 3 unspecified atom stereocenters. The molecule has 0 aliphatic heterocycles. The van der Waals surface area contributed by atoms with Crippen molar-refractivity contribution in [2.45, 2.75) is 59.5 Å². The fourth-order valence-electron chi connectivity index (χ4n) is 3.47. The Bertz CT molecular complexity index is 367. The van der Waals surface area contributed by atoms with Crippen LogP contribution in [0.3, 0.4) is 0 Å². The van der Waals surface area contributed by atoms with E-state index in [4.69, 9.17) is 0 Å². The van der Waals surface area contributed by atoms with Gasteiger partial charge in [-0.2, -0.15) is 0 Å². The maximum absolute atomic E-state index is 11.9. The van der Waals surface area contributed by atoms with Gasteiger partial charge in [0.1, 0.15) is 0 Å². The molecular formula is C15H24O2. The van der Waals surface area contributed by atoms with Crippen LogP contribution in [-0.2, 0) is 4.79 Å². The van der Waals surface area contributed by atoms with Gasteiger partial charge in [0.2, 0.25) is 0 Å². The second kappa shape index (κ2) is 4.24. The van der Waals surface area contributed by atoms with Gasteiger partial charge in [-0.15, -0.1) is 0 Å². The first-order valence-corrected chi connectivity index (χ1v) is 6.77. The van der Waals surface area contributed by atoms with Crippen LogP contribution in [0, 0.1) is 17.3 Å². The summed E-state index contributed by atoms with van der Waals surface area (Å²) < 4.78 is 0. The Morgan fingerprint density at radius 2 is 2.00 bits per heavy atom. The van der Waals surface area contributed by atoms with Crippen molar-refractivity contribution in [3.63, 3.8) is 0 Å². The van der Waals surface area contributed by atoms with Gasteiger partial charge in [0.05, 0.1) is 6.10 Å². The predicted octanol–water partition coefficient (Wildman–Crippen LogP) is 3.10. The molecule has 2 aliphatic carbocycles. The number of aliphatic hydroxyl groups excluding tert-OH is 1. The molecule has 0 spiro atoms. The molecule has 0 radical (unpaired) electrons. The quantitative estimate of drug-likeness (QED) is 0.759. The Kier molecular flexibility index (Phi) is 3.19. The Morgan fingerprint density at radius 3 is 2.59 bits per heavy atom. The molecule has 2 heteroatoms. The Morgan fingerprint density at radius 1 is 1.35 bits per heavy atom. The molecule has 0 amide bonds. The summed E-state index contributed by atoms with van der Waals surface area (Å²) >= 11 is 0. The molecule has 1 fully saturated rings. The van der Waals surface area contributed by atoms with Gasteiger partial charge in [-0.3, -0.25) is 4.79 Å². The number of hydrogen-bond donors (Lipinski definition) is 1.